The molecule has 0 spiro atoms. The summed E-state index contributed by atoms with van der Waals surface area (Å²) in [5.41, 5.74) is 7.17. The maximum atomic E-state index is 5.98. The van der Waals surface area contributed by atoms with Gasteiger partial charge in [0.2, 0.25) is 0 Å². The Morgan fingerprint density at radius 1 is 1.50 bits per heavy atom. The third-order valence-electron chi connectivity index (χ3n) is 2.40. The van der Waals surface area contributed by atoms with Crippen LogP contribution in [0.15, 0.2) is 24.3 Å². The summed E-state index contributed by atoms with van der Waals surface area (Å²) < 4.78 is 7.24. The predicted octanol–water partition coefficient (Wildman–Crippen LogP) is 2.33. The van der Waals surface area contributed by atoms with E-state index in [1.807, 2.05) is 19.1 Å². The SMILES string of the molecule is CC(N)c1cccc[c]1[Sn]([CH3])([Br])[O]CCS. The van der Waals surface area contributed by atoms with E-state index in [2.05, 4.69) is 42.4 Å². The molecule has 0 aliphatic rings. The molecule has 0 heterocycles. The van der Waals surface area contributed by atoms with E-state index in [1.54, 1.807) is 0 Å². The molecule has 90 valence electrons. The Kier molecular flexibility index (Phi) is 6.15. The molecule has 0 radical (unpaired) electrons. The zero-order chi connectivity index (χ0) is 12.2. The van der Waals surface area contributed by atoms with Crippen LogP contribution in [0, 0.1) is 0 Å². The molecule has 2 nitrogen and oxygen atoms in total. The molecule has 5 heteroatoms. The summed E-state index contributed by atoms with van der Waals surface area (Å²) in [6.45, 7) is 2.70. The van der Waals surface area contributed by atoms with Crippen molar-refractivity contribution in [3.63, 3.8) is 0 Å². The van der Waals surface area contributed by atoms with Gasteiger partial charge in [-0.2, -0.15) is 0 Å². The van der Waals surface area contributed by atoms with Gasteiger partial charge in [0, 0.05) is 0 Å². The number of halogens is 1. The van der Waals surface area contributed by atoms with E-state index in [4.69, 9.17) is 8.81 Å². The number of rotatable bonds is 5. The molecule has 2 N–H and O–H groups in total. The van der Waals surface area contributed by atoms with Gasteiger partial charge in [-0.3, -0.25) is 0 Å². The second-order valence-corrected chi connectivity index (χ2v) is 22.1. The van der Waals surface area contributed by atoms with E-state index in [-0.39, 0.29) is 6.04 Å². The van der Waals surface area contributed by atoms with Crippen molar-refractivity contribution in [1.82, 2.24) is 0 Å². The van der Waals surface area contributed by atoms with Crippen molar-refractivity contribution >= 4 is 45.5 Å². The Hall–Kier alpha value is 0.769. The first-order chi connectivity index (χ1) is 7.49. The van der Waals surface area contributed by atoms with E-state index in [1.165, 1.54) is 9.14 Å². The van der Waals surface area contributed by atoms with Crippen molar-refractivity contribution < 1.29 is 3.07 Å². The fourth-order valence-electron chi connectivity index (χ4n) is 1.62. The first kappa shape index (κ1) is 14.8. The van der Waals surface area contributed by atoms with Crippen molar-refractivity contribution in [3.05, 3.63) is 29.8 Å². The van der Waals surface area contributed by atoms with Crippen molar-refractivity contribution in [2.24, 2.45) is 5.73 Å². The summed E-state index contributed by atoms with van der Waals surface area (Å²) in [5, 5.41) is 0. The van der Waals surface area contributed by atoms with Crippen LogP contribution in [0.25, 0.3) is 0 Å². The number of nitrogens with two attached hydrogens (primary N) is 1. The molecule has 0 fully saturated rings. The summed E-state index contributed by atoms with van der Waals surface area (Å²) in [5.74, 6) is 0.748. The normalized spacial score (nSPS) is 16.8. The molecule has 1 aromatic rings. The molecule has 0 aliphatic heterocycles. The molecule has 1 rings (SSSR count). The molecule has 0 saturated carbocycles. The molecular formula is C11H18BrNOSSn. The van der Waals surface area contributed by atoms with E-state index < -0.39 is 16.6 Å². The Bertz CT molecular complexity index is 347. The zero-order valence-electron chi connectivity index (χ0n) is 9.61. The first-order valence-corrected chi connectivity index (χ1v) is 17.8. The second-order valence-electron chi connectivity index (χ2n) is 3.86. The van der Waals surface area contributed by atoms with Crippen LogP contribution < -0.4 is 9.31 Å². The van der Waals surface area contributed by atoms with Gasteiger partial charge in [0.15, 0.2) is 0 Å². The van der Waals surface area contributed by atoms with Crippen LogP contribution in [0.2, 0.25) is 4.94 Å². The first-order valence-electron chi connectivity index (χ1n) is 5.27. The Labute approximate surface area is 114 Å². The van der Waals surface area contributed by atoms with E-state index in [0.29, 0.717) is 6.61 Å². The predicted molar refractivity (Wildman–Crippen MR) is 79.0 cm³/mol. The molecule has 2 atom stereocenters. The minimum absolute atomic E-state index is 0.0457. The summed E-state index contributed by atoms with van der Waals surface area (Å²) in [6, 6.07) is 8.32. The van der Waals surface area contributed by atoms with Crippen molar-refractivity contribution in [3.8, 4) is 0 Å². The van der Waals surface area contributed by atoms with Crippen LogP contribution in [0.4, 0.5) is 0 Å². The van der Waals surface area contributed by atoms with Gasteiger partial charge in [0.1, 0.15) is 0 Å². The van der Waals surface area contributed by atoms with Crippen LogP contribution >= 0.6 is 25.3 Å². The van der Waals surface area contributed by atoms with Gasteiger partial charge in [-0.15, -0.1) is 0 Å². The molecule has 0 bridgehead atoms. The van der Waals surface area contributed by atoms with Gasteiger partial charge in [0.25, 0.3) is 0 Å². The molecule has 16 heavy (non-hydrogen) atoms. The van der Waals surface area contributed by atoms with Gasteiger partial charge < -0.3 is 0 Å². The van der Waals surface area contributed by atoms with Crippen molar-refractivity contribution in [2.45, 2.75) is 17.9 Å². The maximum absolute atomic E-state index is 5.98. The summed E-state index contributed by atoms with van der Waals surface area (Å²) in [6.07, 6.45) is 0. The van der Waals surface area contributed by atoms with Crippen LogP contribution in [-0.2, 0) is 3.07 Å². The monoisotopic (exact) mass is 411 g/mol. The number of hydrogen-bond donors (Lipinski definition) is 2. The van der Waals surface area contributed by atoms with Crippen LogP contribution in [0.3, 0.4) is 0 Å². The van der Waals surface area contributed by atoms with Gasteiger partial charge in [-0.05, 0) is 0 Å². The van der Waals surface area contributed by atoms with Crippen LogP contribution in [0.1, 0.15) is 18.5 Å². The molecule has 0 aliphatic carbocycles. The molecule has 2 unspecified atom stereocenters. The number of thiol groups is 1. The Balaban J connectivity index is 3.01. The molecular weight excluding hydrogens is 393 g/mol. The fraction of sp³-hybridized carbons (Fsp3) is 0.455. The second kappa shape index (κ2) is 6.63. The third-order valence-corrected chi connectivity index (χ3v) is 13.2. The summed E-state index contributed by atoms with van der Waals surface area (Å²) in [4.78, 5) is 2.19. The average molecular weight is 411 g/mol. The molecule has 1 aromatic carbocycles. The Morgan fingerprint density at radius 3 is 2.69 bits per heavy atom. The molecule has 0 amide bonds. The molecule has 0 aromatic heterocycles. The standard InChI is InChI=1S/C8H10N.C2H5OS.CH3.BrH.Sn/c1-7(9)8-5-3-2-4-6-8;3-1-2-4;;;/h2-5,7H,9H2,1H3;4H,1-2H2;1H3;1H;/q;-1;;;+2/p-1. The van der Waals surface area contributed by atoms with E-state index in [0.717, 1.165) is 5.75 Å². The quantitative estimate of drug-likeness (QED) is 0.577. The Morgan fingerprint density at radius 2 is 2.12 bits per heavy atom. The topological polar surface area (TPSA) is 35.2 Å². The summed E-state index contributed by atoms with van der Waals surface area (Å²) >= 11 is 5.18. The van der Waals surface area contributed by atoms with Gasteiger partial charge in [0.05, 0.1) is 0 Å². The average Bonchev–Trinajstić information content (AvgIpc) is 2.26. The zero-order valence-corrected chi connectivity index (χ0v) is 14.9. The molecule has 0 saturated heterocycles. The van der Waals surface area contributed by atoms with Gasteiger partial charge >= 0.3 is 114 Å². The fourth-order valence-corrected chi connectivity index (χ4v) is 11.0. The third kappa shape index (κ3) is 3.91. The number of hydrogen-bond acceptors (Lipinski definition) is 3. The van der Waals surface area contributed by atoms with Gasteiger partial charge in [-0.25, -0.2) is 0 Å². The minimum atomic E-state index is -2.80. The van der Waals surface area contributed by atoms with Crippen molar-refractivity contribution in [1.29, 1.82) is 0 Å². The number of benzene rings is 1. The van der Waals surface area contributed by atoms with Gasteiger partial charge in [-0.1, -0.05) is 0 Å². The van der Waals surface area contributed by atoms with E-state index in [9.17, 15) is 0 Å². The van der Waals surface area contributed by atoms with Crippen LogP contribution in [-0.4, -0.2) is 28.9 Å². The summed E-state index contributed by atoms with van der Waals surface area (Å²) in [7, 11) is 0. The van der Waals surface area contributed by atoms with Crippen molar-refractivity contribution in [2.75, 3.05) is 12.4 Å². The van der Waals surface area contributed by atoms with E-state index >= 15 is 0 Å². The van der Waals surface area contributed by atoms with Crippen LogP contribution in [0.5, 0.6) is 0 Å².